The lowest BCUT2D eigenvalue weighted by Gasteiger charge is -2.01. The summed E-state index contributed by atoms with van der Waals surface area (Å²) in [6, 6.07) is 1.65. The maximum absolute atomic E-state index is 10.2. The molecule has 0 radical (unpaired) electrons. The van der Waals surface area contributed by atoms with E-state index in [-0.39, 0.29) is 0 Å². The Balaban J connectivity index is 2.97. The Morgan fingerprint density at radius 1 is 1.58 bits per heavy atom. The zero-order valence-corrected chi connectivity index (χ0v) is 7.07. The molecular weight excluding hydrogens is 156 g/mol. The molecule has 1 aromatic heterocycles. The molecule has 1 rings (SSSR count). The van der Waals surface area contributed by atoms with Gasteiger partial charge >= 0.3 is 0 Å². The number of aryl methyl sites for hydroxylation is 1. The molecular formula is C8H10N2O2. The van der Waals surface area contributed by atoms with Gasteiger partial charge in [-0.1, -0.05) is 0 Å². The molecule has 0 saturated carbocycles. The average molecular weight is 166 g/mol. The van der Waals surface area contributed by atoms with Crippen LogP contribution >= 0.6 is 0 Å². The first-order valence-corrected chi connectivity index (χ1v) is 3.58. The molecule has 64 valence electrons. The van der Waals surface area contributed by atoms with Crippen molar-refractivity contribution < 1.29 is 9.53 Å². The van der Waals surface area contributed by atoms with Gasteiger partial charge in [-0.05, 0) is 6.92 Å². The van der Waals surface area contributed by atoms with Gasteiger partial charge in [0.2, 0.25) is 5.88 Å². The monoisotopic (exact) mass is 166 g/mol. The summed E-state index contributed by atoms with van der Waals surface area (Å²) in [6.45, 7) is 1.76. The molecule has 0 amide bonds. The van der Waals surface area contributed by atoms with E-state index in [0.29, 0.717) is 23.8 Å². The summed E-state index contributed by atoms with van der Waals surface area (Å²) >= 11 is 0. The van der Waals surface area contributed by atoms with E-state index in [0.717, 1.165) is 6.29 Å². The van der Waals surface area contributed by atoms with Crippen LogP contribution in [0.1, 0.15) is 11.5 Å². The first-order chi connectivity index (χ1) is 5.76. The van der Waals surface area contributed by atoms with E-state index in [1.54, 1.807) is 13.0 Å². The van der Waals surface area contributed by atoms with Crippen LogP contribution in [0.25, 0.3) is 0 Å². The summed E-state index contributed by atoms with van der Waals surface area (Å²) < 4.78 is 4.91. The van der Waals surface area contributed by atoms with Crippen molar-refractivity contribution in [2.45, 2.75) is 13.3 Å². The van der Waals surface area contributed by atoms with Gasteiger partial charge in [0.15, 0.2) is 0 Å². The Labute approximate surface area is 70.6 Å². The van der Waals surface area contributed by atoms with Crippen molar-refractivity contribution in [1.82, 2.24) is 9.97 Å². The summed E-state index contributed by atoms with van der Waals surface area (Å²) in [6.07, 6.45) is 1.11. The van der Waals surface area contributed by atoms with E-state index in [9.17, 15) is 4.79 Å². The normalized spacial score (nSPS) is 9.50. The van der Waals surface area contributed by atoms with Crippen LogP contribution in [0.2, 0.25) is 0 Å². The minimum absolute atomic E-state index is 0.305. The Hall–Kier alpha value is -1.45. The molecule has 0 aliphatic rings. The summed E-state index contributed by atoms with van der Waals surface area (Å²) in [7, 11) is 1.53. The van der Waals surface area contributed by atoms with Gasteiger partial charge in [0.05, 0.1) is 12.8 Å². The highest BCUT2D eigenvalue weighted by Gasteiger charge is 2.00. The van der Waals surface area contributed by atoms with Gasteiger partial charge < -0.3 is 9.53 Å². The molecule has 12 heavy (non-hydrogen) atoms. The smallest absolute Gasteiger partial charge is 0.216 e. The van der Waals surface area contributed by atoms with Gasteiger partial charge in [0, 0.05) is 12.5 Å². The lowest BCUT2D eigenvalue weighted by Crippen LogP contribution is -1.98. The molecule has 0 aromatic carbocycles. The number of aldehydes is 1. The third-order valence-electron chi connectivity index (χ3n) is 1.37. The summed E-state index contributed by atoms with van der Waals surface area (Å²) in [4.78, 5) is 18.2. The van der Waals surface area contributed by atoms with E-state index >= 15 is 0 Å². The van der Waals surface area contributed by atoms with Crippen LogP contribution in [0.3, 0.4) is 0 Å². The first-order valence-electron chi connectivity index (χ1n) is 3.58. The quantitative estimate of drug-likeness (QED) is 0.615. The number of hydrogen-bond acceptors (Lipinski definition) is 4. The predicted octanol–water partition coefficient (Wildman–Crippen LogP) is 0.535. The number of rotatable bonds is 3. The van der Waals surface area contributed by atoms with E-state index in [1.165, 1.54) is 7.11 Å². The standard InChI is InChI=1S/C8H10N2O2/c1-6-9-7(3-4-11)5-8(10-6)12-2/h4-5H,3H2,1-2H3. The molecule has 1 heterocycles. The fourth-order valence-corrected chi connectivity index (χ4v) is 0.894. The summed E-state index contributed by atoms with van der Waals surface area (Å²) in [5.74, 6) is 1.12. The van der Waals surface area contributed by atoms with Crippen molar-refractivity contribution in [3.05, 3.63) is 17.6 Å². The minimum Gasteiger partial charge on any atom is -0.481 e. The molecule has 4 nitrogen and oxygen atoms in total. The molecule has 0 aliphatic carbocycles. The van der Waals surface area contributed by atoms with Crippen LogP contribution in [-0.2, 0) is 11.2 Å². The molecule has 0 bridgehead atoms. The molecule has 0 atom stereocenters. The number of ether oxygens (including phenoxy) is 1. The third kappa shape index (κ3) is 2.02. The van der Waals surface area contributed by atoms with Crippen molar-refractivity contribution in [1.29, 1.82) is 0 Å². The number of methoxy groups -OCH3 is 1. The molecule has 4 heteroatoms. The fraction of sp³-hybridized carbons (Fsp3) is 0.375. The zero-order valence-electron chi connectivity index (χ0n) is 7.07. The molecule has 1 aromatic rings. The molecule has 0 saturated heterocycles. The van der Waals surface area contributed by atoms with Crippen LogP contribution < -0.4 is 4.74 Å². The lowest BCUT2D eigenvalue weighted by atomic mass is 10.3. The lowest BCUT2D eigenvalue weighted by molar-refractivity contribution is -0.107. The van der Waals surface area contributed by atoms with Gasteiger partial charge in [0.1, 0.15) is 12.1 Å². The third-order valence-corrected chi connectivity index (χ3v) is 1.37. The Morgan fingerprint density at radius 2 is 2.33 bits per heavy atom. The van der Waals surface area contributed by atoms with Crippen LogP contribution in [0.4, 0.5) is 0 Å². The van der Waals surface area contributed by atoms with Crippen LogP contribution in [0, 0.1) is 6.92 Å². The SMILES string of the molecule is COc1cc(CC=O)nc(C)n1. The van der Waals surface area contributed by atoms with Gasteiger partial charge in [-0.2, -0.15) is 4.98 Å². The van der Waals surface area contributed by atoms with Crippen LogP contribution in [-0.4, -0.2) is 23.4 Å². The van der Waals surface area contributed by atoms with Crippen molar-refractivity contribution in [2.75, 3.05) is 7.11 Å². The number of carbonyl (C=O) groups is 1. The minimum atomic E-state index is 0.305. The number of hydrogen-bond donors (Lipinski definition) is 0. The zero-order chi connectivity index (χ0) is 8.97. The second-order valence-corrected chi connectivity index (χ2v) is 2.32. The number of nitrogens with zero attached hydrogens (tertiary/aromatic N) is 2. The highest BCUT2D eigenvalue weighted by atomic mass is 16.5. The molecule has 0 aliphatic heterocycles. The van der Waals surface area contributed by atoms with Crippen molar-refractivity contribution in [3.63, 3.8) is 0 Å². The highest BCUT2D eigenvalue weighted by molar-refractivity contribution is 5.53. The summed E-state index contributed by atoms with van der Waals surface area (Å²) in [5, 5.41) is 0. The Bertz CT molecular complexity index is 286. The van der Waals surface area contributed by atoms with Gasteiger partial charge in [-0.3, -0.25) is 0 Å². The molecule has 0 spiro atoms. The fourth-order valence-electron chi connectivity index (χ4n) is 0.894. The molecule has 0 N–H and O–H groups in total. The van der Waals surface area contributed by atoms with Gasteiger partial charge in [-0.15, -0.1) is 0 Å². The largest absolute Gasteiger partial charge is 0.481 e. The topological polar surface area (TPSA) is 52.1 Å². The number of carbonyl (C=O) groups excluding carboxylic acids is 1. The van der Waals surface area contributed by atoms with E-state index in [1.807, 2.05) is 0 Å². The highest BCUT2D eigenvalue weighted by Crippen LogP contribution is 2.07. The first kappa shape index (κ1) is 8.64. The van der Waals surface area contributed by atoms with Gasteiger partial charge in [0.25, 0.3) is 0 Å². The Morgan fingerprint density at radius 3 is 2.92 bits per heavy atom. The van der Waals surface area contributed by atoms with Crippen molar-refractivity contribution in [2.24, 2.45) is 0 Å². The predicted molar refractivity (Wildman–Crippen MR) is 43.1 cm³/mol. The average Bonchev–Trinajstić information content (AvgIpc) is 2.04. The van der Waals surface area contributed by atoms with Crippen molar-refractivity contribution >= 4 is 6.29 Å². The summed E-state index contributed by atoms with van der Waals surface area (Å²) in [5.41, 5.74) is 0.689. The van der Waals surface area contributed by atoms with E-state index in [2.05, 4.69) is 9.97 Å². The maximum Gasteiger partial charge on any atom is 0.216 e. The maximum atomic E-state index is 10.2. The Kier molecular flexibility index (Phi) is 2.74. The second-order valence-electron chi connectivity index (χ2n) is 2.32. The van der Waals surface area contributed by atoms with Crippen molar-refractivity contribution in [3.8, 4) is 5.88 Å². The van der Waals surface area contributed by atoms with E-state index in [4.69, 9.17) is 4.74 Å². The number of aromatic nitrogens is 2. The van der Waals surface area contributed by atoms with Crippen LogP contribution in [0.15, 0.2) is 6.07 Å². The second kappa shape index (κ2) is 3.80. The van der Waals surface area contributed by atoms with Gasteiger partial charge in [-0.25, -0.2) is 4.98 Å². The van der Waals surface area contributed by atoms with E-state index < -0.39 is 0 Å². The molecule has 0 fully saturated rings. The van der Waals surface area contributed by atoms with Crippen LogP contribution in [0.5, 0.6) is 5.88 Å². The molecule has 0 unspecified atom stereocenters.